The first-order chi connectivity index (χ1) is 9.84. The molecule has 108 valence electrons. The third kappa shape index (κ3) is 6.59. The summed E-state index contributed by atoms with van der Waals surface area (Å²) in [6.07, 6.45) is 7.75. The summed E-state index contributed by atoms with van der Waals surface area (Å²) < 4.78 is 0. The zero-order valence-electron chi connectivity index (χ0n) is 11.9. The highest BCUT2D eigenvalue weighted by molar-refractivity contribution is 5.85. The number of hydrogen-bond acceptors (Lipinski definition) is 2. The number of nitrogens with one attached hydrogen (secondary N) is 1. The molecule has 2 nitrogen and oxygen atoms in total. The zero-order chi connectivity index (χ0) is 14.0. The molecule has 0 heterocycles. The highest BCUT2D eigenvalue weighted by Crippen LogP contribution is 2.09. The van der Waals surface area contributed by atoms with E-state index in [1.54, 1.807) is 0 Å². The molecule has 0 aliphatic carbocycles. The van der Waals surface area contributed by atoms with Crippen molar-refractivity contribution in [2.45, 2.75) is 6.92 Å². The van der Waals surface area contributed by atoms with Crippen molar-refractivity contribution >= 4 is 30.0 Å². The predicted octanol–water partition coefficient (Wildman–Crippen LogP) is 5.38. The van der Waals surface area contributed by atoms with Gasteiger partial charge in [0.15, 0.2) is 0 Å². The van der Waals surface area contributed by atoms with E-state index in [9.17, 15) is 0 Å². The number of halogens is 1. The second-order valence-electron chi connectivity index (χ2n) is 4.37. The first-order valence-corrected chi connectivity index (χ1v) is 6.59. The fourth-order valence-electron chi connectivity index (χ4n) is 1.61. The summed E-state index contributed by atoms with van der Waals surface area (Å²) in [5, 5.41) is 3.22. The Balaban J connectivity index is 0.00000220. The number of nitrogens with zero attached hydrogens (tertiary/aromatic N) is 1. The van der Waals surface area contributed by atoms with Crippen LogP contribution in [0.3, 0.4) is 0 Å². The molecule has 3 heteroatoms. The first kappa shape index (κ1) is 16.7. The monoisotopic (exact) mass is 298 g/mol. The lowest BCUT2D eigenvalue weighted by molar-refractivity contribution is 1.49. The summed E-state index contributed by atoms with van der Waals surface area (Å²) in [5.74, 6) is 0. The number of rotatable bonds is 5. The smallest absolute Gasteiger partial charge is 0.0629 e. The van der Waals surface area contributed by atoms with Crippen molar-refractivity contribution in [1.29, 1.82) is 0 Å². The molecule has 0 radical (unpaired) electrons. The molecule has 0 unspecified atom stereocenters. The molecule has 0 aliphatic heterocycles. The van der Waals surface area contributed by atoms with E-state index >= 15 is 0 Å². The highest BCUT2D eigenvalue weighted by Gasteiger charge is 1.85. The van der Waals surface area contributed by atoms with Gasteiger partial charge in [0, 0.05) is 18.1 Å². The predicted molar refractivity (Wildman–Crippen MR) is 94.8 cm³/mol. The highest BCUT2D eigenvalue weighted by atomic mass is 35.5. The van der Waals surface area contributed by atoms with Gasteiger partial charge in [-0.05, 0) is 48.9 Å². The Hall–Kier alpha value is -2.32. The van der Waals surface area contributed by atoms with Gasteiger partial charge in [0.25, 0.3) is 0 Å². The number of anilines is 1. The van der Waals surface area contributed by atoms with Crippen LogP contribution in [0.25, 0.3) is 0 Å². The topological polar surface area (TPSA) is 24.4 Å². The van der Waals surface area contributed by atoms with Gasteiger partial charge in [-0.3, -0.25) is 4.99 Å². The molecule has 0 aromatic heterocycles. The number of aliphatic imine (C=N–C) groups is 1. The third-order valence-corrected chi connectivity index (χ3v) is 2.69. The number of hydrogen-bond donors (Lipinski definition) is 1. The molecule has 0 amide bonds. The summed E-state index contributed by atoms with van der Waals surface area (Å²) in [5.41, 5.74) is 3.17. The first-order valence-electron chi connectivity index (χ1n) is 6.59. The Kier molecular flexibility index (Phi) is 7.62. The van der Waals surface area contributed by atoms with Crippen LogP contribution in [0.4, 0.5) is 11.4 Å². The van der Waals surface area contributed by atoms with Gasteiger partial charge in [-0.15, -0.1) is 12.4 Å². The van der Waals surface area contributed by atoms with E-state index in [4.69, 9.17) is 0 Å². The van der Waals surface area contributed by atoms with Gasteiger partial charge in [0.2, 0.25) is 0 Å². The van der Waals surface area contributed by atoms with E-state index < -0.39 is 0 Å². The maximum absolute atomic E-state index is 4.36. The molecule has 1 N–H and O–H groups in total. The summed E-state index contributed by atoms with van der Waals surface area (Å²) in [6.45, 7) is 2.04. The minimum atomic E-state index is 0. The van der Waals surface area contributed by atoms with Crippen LogP contribution in [0, 0.1) is 0 Å². The lowest BCUT2D eigenvalue weighted by Gasteiger charge is -1.98. The lowest BCUT2D eigenvalue weighted by Crippen LogP contribution is -1.86. The average molecular weight is 299 g/mol. The van der Waals surface area contributed by atoms with Crippen LogP contribution < -0.4 is 5.32 Å². The summed E-state index contributed by atoms with van der Waals surface area (Å²) >= 11 is 0. The van der Waals surface area contributed by atoms with Gasteiger partial charge in [0.1, 0.15) is 0 Å². The second kappa shape index (κ2) is 9.56. The standard InChI is InChI=1S/C18H18N2.ClH/c1-16(12-14-19-17-8-4-2-5-9-17)13-15-20-18-10-6-3-7-11-18;/h2-15,19H,1H3;1H/b14-12+,16-13?,20-15?;. The second-order valence-corrected chi connectivity index (χ2v) is 4.37. The Morgan fingerprint density at radius 1 is 0.952 bits per heavy atom. The molecule has 2 aromatic carbocycles. The Morgan fingerprint density at radius 2 is 1.57 bits per heavy atom. The van der Waals surface area contributed by atoms with Gasteiger partial charge >= 0.3 is 0 Å². The maximum Gasteiger partial charge on any atom is 0.0629 e. The fraction of sp³-hybridized carbons (Fsp3) is 0.0556. The average Bonchev–Trinajstić information content (AvgIpc) is 2.49. The largest absolute Gasteiger partial charge is 0.362 e. The van der Waals surface area contributed by atoms with Gasteiger partial charge in [-0.2, -0.15) is 0 Å². The SMILES string of the molecule is CC(=CC=Nc1ccccc1)/C=C/Nc1ccccc1.Cl. The summed E-state index contributed by atoms with van der Waals surface area (Å²) in [4.78, 5) is 4.36. The van der Waals surface area contributed by atoms with Crippen molar-refractivity contribution in [3.8, 4) is 0 Å². The van der Waals surface area contributed by atoms with E-state index in [1.807, 2.05) is 92.2 Å². The van der Waals surface area contributed by atoms with Crippen molar-refractivity contribution in [3.05, 3.63) is 84.6 Å². The summed E-state index contributed by atoms with van der Waals surface area (Å²) in [6, 6.07) is 20.0. The summed E-state index contributed by atoms with van der Waals surface area (Å²) in [7, 11) is 0. The van der Waals surface area contributed by atoms with E-state index in [0.29, 0.717) is 0 Å². The third-order valence-electron chi connectivity index (χ3n) is 2.69. The van der Waals surface area contributed by atoms with E-state index in [2.05, 4.69) is 10.3 Å². The van der Waals surface area contributed by atoms with Crippen molar-refractivity contribution < 1.29 is 0 Å². The molecule has 0 spiro atoms. The van der Waals surface area contributed by atoms with Crippen molar-refractivity contribution in [1.82, 2.24) is 0 Å². The molecule has 2 aromatic rings. The zero-order valence-corrected chi connectivity index (χ0v) is 12.8. The van der Waals surface area contributed by atoms with E-state index in [0.717, 1.165) is 16.9 Å². The number of benzene rings is 2. The van der Waals surface area contributed by atoms with Gasteiger partial charge < -0.3 is 5.32 Å². The minimum Gasteiger partial charge on any atom is -0.362 e. The molecule has 0 aliphatic rings. The normalized spacial score (nSPS) is 11.6. The molecular formula is C18H19ClN2. The Labute approximate surface area is 132 Å². The Bertz CT molecular complexity index is 602. The molecular weight excluding hydrogens is 280 g/mol. The van der Waals surface area contributed by atoms with Crippen LogP contribution in [-0.4, -0.2) is 6.21 Å². The molecule has 0 atom stereocenters. The minimum absolute atomic E-state index is 0. The molecule has 0 saturated carbocycles. The van der Waals surface area contributed by atoms with Crippen LogP contribution in [0.15, 0.2) is 89.6 Å². The van der Waals surface area contributed by atoms with Crippen LogP contribution >= 0.6 is 12.4 Å². The maximum atomic E-state index is 4.36. The molecule has 2 rings (SSSR count). The lowest BCUT2D eigenvalue weighted by atomic mass is 10.3. The van der Waals surface area contributed by atoms with Crippen molar-refractivity contribution in [2.75, 3.05) is 5.32 Å². The van der Waals surface area contributed by atoms with Gasteiger partial charge in [-0.1, -0.05) is 36.4 Å². The van der Waals surface area contributed by atoms with Crippen molar-refractivity contribution in [3.63, 3.8) is 0 Å². The number of para-hydroxylation sites is 2. The van der Waals surface area contributed by atoms with Gasteiger partial charge in [0.05, 0.1) is 5.69 Å². The van der Waals surface area contributed by atoms with Crippen molar-refractivity contribution in [2.24, 2.45) is 4.99 Å². The van der Waals surface area contributed by atoms with Gasteiger partial charge in [-0.25, -0.2) is 0 Å². The number of allylic oxidation sites excluding steroid dienone is 3. The molecule has 0 fully saturated rings. The molecule has 0 bridgehead atoms. The molecule has 21 heavy (non-hydrogen) atoms. The van der Waals surface area contributed by atoms with Crippen LogP contribution in [-0.2, 0) is 0 Å². The fourth-order valence-corrected chi connectivity index (χ4v) is 1.61. The van der Waals surface area contributed by atoms with Crippen LogP contribution in [0.2, 0.25) is 0 Å². The molecule has 0 saturated heterocycles. The Morgan fingerprint density at radius 3 is 2.24 bits per heavy atom. The van der Waals surface area contributed by atoms with E-state index in [1.165, 1.54) is 0 Å². The quantitative estimate of drug-likeness (QED) is 0.581. The van der Waals surface area contributed by atoms with Crippen LogP contribution in [0.5, 0.6) is 0 Å². The van der Waals surface area contributed by atoms with E-state index in [-0.39, 0.29) is 12.4 Å². The van der Waals surface area contributed by atoms with Crippen LogP contribution in [0.1, 0.15) is 6.92 Å².